The zero-order valence-corrected chi connectivity index (χ0v) is 22.0. The van der Waals surface area contributed by atoms with Crippen LogP contribution in [0.2, 0.25) is 0 Å². The van der Waals surface area contributed by atoms with Gasteiger partial charge in [0.05, 0.1) is 13.1 Å². The van der Waals surface area contributed by atoms with Gasteiger partial charge in [-0.25, -0.2) is 19.6 Å². The molecule has 1 saturated heterocycles. The maximum atomic E-state index is 13.6. The molecule has 0 aromatic heterocycles. The second-order valence-electron chi connectivity index (χ2n) is 9.32. The van der Waals surface area contributed by atoms with Crippen molar-refractivity contribution in [3.63, 3.8) is 0 Å². The Hall–Kier alpha value is -5.12. The van der Waals surface area contributed by atoms with Crippen LogP contribution in [-0.4, -0.2) is 57.2 Å². The van der Waals surface area contributed by atoms with Gasteiger partial charge in [0.2, 0.25) is 0 Å². The van der Waals surface area contributed by atoms with Crippen LogP contribution in [0.3, 0.4) is 0 Å². The zero-order chi connectivity index (χ0) is 28.8. The van der Waals surface area contributed by atoms with Crippen molar-refractivity contribution in [3.05, 3.63) is 100 Å². The van der Waals surface area contributed by atoms with E-state index in [1.54, 1.807) is 0 Å². The van der Waals surface area contributed by atoms with Crippen LogP contribution in [-0.2, 0) is 32.3 Å². The van der Waals surface area contributed by atoms with E-state index in [-0.39, 0.29) is 35.7 Å². The van der Waals surface area contributed by atoms with Gasteiger partial charge < -0.3 is 19.7 Å². The first-order chi connectivity index (χ1) is 19.1. The van der Waals surface area contributed by atoms with Gasteiger partial charge in [-0.05, 0) is 43.2 Å². The van der Waals surface area contributed by atoms with Crippen LogP contribution in [0.4, 0.5) is 0 Å². The summed E-state index contributed by atoms with van der Waals surface area (Å²) >= 11 is 0. The number of carboxylic acid groups (broad SMARTS) is 2. The number of hydrogen-bond acceptors (Lipinski definition) is 6. The van der Waals surface area contributed by atoms with Crippen LogP contribution in [0.15, 0.2) is 72.3 Å². The van der Waals surface area contributed by atoms with E-state index in [9.17, 15) is 19.2 Å². The lowest BCUT2D eigenvalue weighted by molar-refractivity contribution is -0.149. The van der Waals surface area contributed by atoms with Gasteiger partial charge in [0.15, 0.2) is 13.2 Å². The summed E-state index contributed by atoms with van der Waals surface area (Å²) in [5, 5.41) is 20.8. The Morgan fingerprint density at radius 2 is 1.20 bits per heavy atom. The summed E-state index contributed by atoms with van der Waals surface area (Å²) in [6.07, 6.45) is 1.35. The van der Waals surface area contributed by atoms with Crippen LogP contribution in [0.5, 0.6) is 11.5 Å². The molecule has 4 rings (SSSR count). The van der Waals surface area contributed by atoms with E-state index in [1.165, 1.54) is 34.3 Å². The zero-order valence-electron chi connectivity index (χ0n) is 22.0. The van der Waals surface area contributed by atoms with Crippen molar-refractivity contribution in [2.75, 3.05) is 13.2 Å². The number of amides is 2. The van der Waals surface area contributed by atoms with Gasteiger partial charge >= 0.3 is 11.9 Å². The highest BCUT2D eigenvalue weighted by Crippen LogP contribution is 2.31. The Morgan fingerprint density at radius 3 is 1.68 bits per heavy atom. The average Bonchev–Trinajstić information content (AvgIpc) is 3.13. The average molecular weight is 545 g/mol. The predicted molar refractivity (Wildman–Crippen MR) is 144 cm³/mol. The van der Waals surface area contributed by atoms with Gasteiger partial charge in [0, 0.05) is 11.6 Å². The van der Waals surface area contributed by atoms with E-state index in [4.69, 9.17) is 19.7 Å². The van der Waals surface area contributed by atoms with Gasteiger partial charge in [0.1, 0.15) is 17.1 Å². The van der Waals surface area contributed by atoms with Crippen molar-refractivity contribution < 1.29 is 38.9 Å². The SMILES string of the molecule is Cc1ccc(CN2C(=O)C(=Cc3ccc(OCC(=O)O)cc3OCC(=O)O)C(=O)N2Cc2ccc(C)cc2)cc1. The largest absolute Gasteiger partial charge is 0.482 e. The number of ether oxygens (including phenoxy) is 2. The van der Waals surface area contributed by atoms with E-state index in [2.05, 4.69) is 0 Å². The topological polar surface area (TPSA) is 134 Å². The second kappa shape index (κ2) is 12.2. The molecule has 2 amide bonds. The Kier molecular flexibility index (Phi) is 8.48. The molecule has 206 valence electrons. The number of aliphatic carboxylic acids is 2. The molecule has 0 aliphatic carbocycles. The molecule has 0 atom stereocenters. The molecule has 0 bridgehead atoms. The number of benzene rings is 3. The summed E-state index contributed by atoms with van der Waals surface area (Å²) in [7, 11) is 0. The highest BCUT2D eigenvalue weighted by atomic mass is 16.5. The van der Waals surface area contributed by atoms with E-state index in [1.807, 2.05) is 62.4 Å². The number of nitrogens with zero attached hydrogens (tertiary/aromatic N) is 2. The lowest BCUT2D eigenvalue weighted by Gasteiger charge is -2.27. The van der Waals surface area contributed by atoms with E-state index in [0.717, 1.165) is 22.3 Å². The Bertz CT molecular complexity index is 1390. The molecule has 2 N–H and O–H groups in total. The number of hydrazine groups is 1. The molecule has 3 aromatic carbocycles. The second-order valence-corrected chi connectivity index (χ2v) is 9.32. The summed E-state index contributed by atoms with van der Waals surface area (Å²) in [5.74, 6) is -3.33. The van der Waals surface area contributed by atoms with Crippen LogP contribution >= 0.6 is 0 Å². The number of carbonyl (C=O) groups excluding carboxylic acids is 2. The highest BCUT2D eigenvalue weighted by molar-refractivity contribution is 6.25. The quantitative estimate of drug-likeness (QED) is 0.276. The third kappa shape index (κ3) is 6.84. The van der Waals surface area contributed by atoms with Gasteiger partial charge in [-0.15, -0.1) is 0 Å². The van der Waals surface area contributed by atoms with Crippen LogP contribution in [0.1, 0.15) is 27.8 Å². The third-order valence-corrected chi connectivity index (χ3v) is 6.13. The van der Waals surface area contributed by atoms with Gasteiger partial charge in [-0.2, -0.15) is 0 Å². The summed E-state index contributed by atoms with van der Waals surface area (Å²) in [4.78, 5) is 49.3. The van der Waals surface area contributed by atoms with E-state index < -0.39 is 37.0 Å². The van der Waals surface area contributed by atoms with Crippen LogP contribution in [0, 0.1) is 13.8 Å². The van der Waals surface area contributed by atoms with Crippen molar-refractivity contribution in [1.82, 2.24) is 10.0 Å². The standard InChI is InChI=1S/C30H28N2O8/c1-19-3-7-21(8-4-19)15-31-29(37)25(30(38)32(31)16-22-9-5-20(2)6-10-22)13-23-11-12-24(39-17-27(33)34)14-26(23)40-18-28(35)36/h3-14H,15-18H2,1-2H3,(H,33,34)(H,35,36). The minimum Gasteiger partial charge on any atom is -0.482 e. The predicted octanol–water partition coefficient (Wildman–Crippen LogP) is 3.60. The lowest BCUT2D eigenvalue weighted by Crippen LogP contribution is -2.39. The van der Waals surface area contributed by atoms with Crippen molar-refractivity contribution in [3.8, 4) is 11.5 Å². The van der Waals surface area contributed by atoms with Gasteiger partial charge in [0.25, 0.3) is 11.8 Å². The molecular formula is C30H28N2O8. The molecule has 3 aromatic rings. The molecule has 1 aliphatic heterocycles. The third-order valence-electron chi connectivity index (χ3n) is 6.13. The minimum absolute atomic E-state index is 0.0143. The molecule has 10 nitrogen and oxygen atoms in total. The van der Waals surface area contributed by atoms with Gasteiger partial charge in [-0.1, -0.05) is 59.7 Å². The molecule has 0 radical (unpaired) electrons. The lowest BCUT2D eigenvalue weighted by atomic mass is 10.1. The molecule has 1 fully saturated rings. The fourth-order valence-electron chi connectivity index (χ4n) is 4.05. The number of aryl methyl sites for hydroxylation is 2. The molecule has 0 spiro atoms. The molecule has 0 saturated carbocycles. The normalized spacial score (nSPS) is 13.0. The first-order valence-corrected chi connectivity index (χ1v) is 12.4. The summed E-state index contributed by atoms with van der Waals surface area (Å²) in [6.45, 7) is 2.94. The maximum Gasteiger partial charge on any atom is 0.341 e. The van der Waals surface area contributed by atoms with Crippen molar-refractivity contribution in [2.45, 2.75) is 26.9 Å². The Balaban J connectivity index is 1.70. The molecule has 1 heterocycles. The number of hydrogen-bond donors (Lipinski definition) is 2. The molecule has 10 heteroatoms. The monoisotopic (exact) mass is 544 g/mol. The van der Waals surface area contributed by atoms with Crippen LogP contribution < -0.4 is 9.47 Å². The first-order valence-electron chi connectivity index (χ1n) is 12.4. The molecule has 1 aliphatic rings. The Labute approximate surface area is 230 Å². The van der Waals surface area contributed by atoms with E-state index in [0.29, 0.717) is 0 Å². The molecular weight excluding hydrogens is 516 g/mol. The van der Waals surface area contributed by atoms with Crippen LogP contribution in [0.25, 0.3) is 6.08 Å². The first kappa shape index (κ1) is 27.9. The molecule has 0 unspecified atom stereocenters. The summed E-state index contributed by atoms with van der Waals surface area (Å²) in [5.41, 5.74) is 3.94. The molecule has 40 heavy (non-hydrogen) atoms. The maximum absolute atomic E-state index is 13.6. The summed E-state index contributed by atoms with van der Waals surface area (Å²) < 4.78 is 10.5. The smallest absolute Gasteiger partial charge is 0.341 e. The fourth-order valence-corrected chi connectivity index (χ4v) is 4.05. The number of rotatable bonds is 11. The van der Waals surface area contributed by atoms with Gasteiger partial charge in [-0.3, -0.25) is 9.59 Å². The van der Waals surface area contributed by atoms with E-state index >= 15 is 0 Å². The van der Waals surface area contributed by atoms with Crippen molar-refractivity contribution in [1.29, 1.82) is 0 Å². The number of carboxylic acids is 2. The van der Waals surface area contributed by atoms with Crippen molar-refractivity contribution in [2.24, 2.45) is 0 Å². The minimum atomic E-state index is -1.24. The number of carbonyl (C=O) groups is 4. The van der Waals surface area contributed by atoms with Crippen molar-refractivity contribution >= 4 is 29.8 Å². The fraction of sp³-hybridized carbons (Fsp3) is 0.200. The summed E-state index contributed by atoms with van der Waals surface area (Å²) in [6, 6.07) is 19.5. The Morgan fingerprint density at radius 1 is 0.725 bits per heavy atom. The highest BCUT2D eigenvalue weighted by Gasteiger charge is 2.41.